The summed E-state index contributed by atoms with van der Waals surface area (Å²) in [5.74, 6) is -0.915. The van der Waals surface area contributed by atoms with Crippen molar-refractivity contribution in [2.24, 2.45) is 0 Å². The van der Waals surface area contributed by atoms with E-state index in [1.165, 1.54) is 0 Å². The minimum Gasteiger partial charge on any atom is -0.393 e. The van der Waals surface area contributed by atoms with E-state index < -0.39 is 5.97 Å². The number of carbonyl (C=O) groups is 2. The van der Waals surface area contributed by atoms with Crippen LogP contribution in [-0.2, 0) is 8.98 Å². The van der Waals surface area contributed by atoms with Crippen LogP contribution in [0.4, 0.5) is 0 Å². The third-order valence-electron chi connectivity index (χ3n) is 1.53. The van der Waals surface area contributed by atoms with Crippen LogP contribution < -0.4 is 5.32 Å². The van der Waals surface area contributed by atoms with Crippen molar-refractivity contribution in [3.8, 4) is 0 Å². The van der Waals surface area contributed by atoms with E-state index >= 15 is 0 Å². The first-order valence-corrected chi connectivity index (χ1v) is 4.28. The van der Waals surface area contributed by atoms with Gasteiger partial charge in [0.1, 0.15) is 6.54 Å². The lowest BCUT2D eigenvalue weighted by Crippen LogP contribution is -2.29. The maximum Gasteiger partial charge on any atom is 0.337 e. The number of thiol groups is 1. The molecule has 1 N–H and O–H groups in total. The number of carbonyl (C=O) groups excluding carboxylic acids is 2. The van der Waals surface area contributed by atoms with Gasteiger partial charge < -0.3 is 9.50 Å². The highest BCUT2D eigenvalue weighted by Gasteiger charge is 2.06. The molecule has 0 aliphatic rings. The predicted molar refractivity (Wildman–Crippen MR) is 53.9 cm³/mol. The average molecular weight is 211 g/mol. The lowest BCUT2D eigenvalue weighted by atomic mass is 10.2. The summed E-state index contributed by atoms with van der Waals surface area (Å²) in [6, 6.07) is 8.60. The van der Waals surface area contributed by atoms with Gasteiger partial charge in [-0.1, -0.05) is 18.2 Å². The first-order chi connectivity index (χ1) is 6.74. The van der Waals surface area contributed by atoms with Crippen molar-refractivity contribution < 1.29 is 13.8 Å². The molecule has 1 rings (SSSR count). The lowest BCUT2D eigenvalue weighted by molar-refractivity contribution is -0.131. The molecule has 0 aliphatic carbocycles. The molecule has 1 aromatic carbocycles. The van der Waals surface area contributed by atoms with Gasteiger partial charge in [0, 0.05) is 18.5 Å². The minimum absolute atomic E-state index is 0.183. The Morgan fingerprint density at radius 2 is 1.93 bits per heavy atom. The van der Waals surface area contributed by atoms with Crippen molar-refractivity contribution in [3.63, 3.8) is 0 Å². The van der Waals surface area contributed by atoms with Gasteiger partial charge in [-0.15, -0.1) is 0 Å². The van der Waals surface area contributed by atoms with Gasteiger partial charge in [0.25, 0.3) is 5.91 Å². The summed E-state index contributed by atoms with van der Waals surface area (Å²) in [5.41, 5.74) is 0.500. The van der Waals surface area contributed by atoms with Crippen LogP contribution >= 0.6 is 12.9 Å². The van der Waals surface area contributed by atoms with E-state index in [2.05, 4.69) is 22.4 Å². The summed E-state index contributed by atoms with van der Waals surface area (Å²) < 4.78 is 4.08. The van der Waals surface area contributed by atoms with E-state index in [0.717, 1.165) is 0 Å². The molecule has 0 atom stereocenters. The molecule has 0 fully saturated rings. The second-order valence-electron chi connectivity index (χ2n) is 2.51. The topological polar surface area (TPSA) is 55.4 Å². The van der Waals surface area contributed by atoms with Gasteiger partial charge >= 0.3 is 5.97 Å². The van der Waals surface area contributed by atoms with Crippen LogP contribution in [-0.4, -0.2) is 18.4 Å². The number of benzene rings is 1. The van der Waals surface area contributed by atoms with Crippen LogP contribution in [0.1, 0.15) is 10.4 Å². The van der Waals surface area contributed by atoms with Crippen LogP contribution in [0, 0.1) is 0 Å². The van der Waals surface area contributed by atoms with Gasteiger partial charge in [-0.25, -0.2) is 4.79 Å². The first kappa shape index (κ1) is 10.6. The van der Waals surface area contributed by atoms with Crippen molar-refractivity contribution in [3.05, 3.63) is 35.9 Å². The zero-order chi connectivity index (χ0) is 10.4. The monoisotopic (exact) mass is 211 g/mol. The molecule has 0 aromatic heterocycles. The fraction of sp³-hybridized carbons (Fsp3) is 0.111. The first-order valence-electron chi connectivity index (χ1n) is 3.91. The van der Waals surface area contributed by atoms with E-state index in [1.807, 2.05) is 0 Å². The van der Waals surface area contributed by atoms with Gasteiger partial charge in [-0.05, 0) is 12.1 Å². The third-order valence-corrected chi connectivity index (χ3v) is 1.73. The van der Waals surface area contributed by atoms with E-state index in [1.54, 1.807) is 30.3 Å². The van der Waals surface area contributed by atoms with E-state index in [0.29, 0.717) is 5.56 Å². The molecule has 0 saturated heterocycles. The number of amides is 1. The second kappa shape index (κ2) is 5.29. The van der Waals surface area contributed by atoms with E-state index in [-0.39, 0.29) is 12.5 Å². The van der Waals surface area contributed by atoms with Crippen molar-refractivity contribution >= 4 is 24.8 Å². The average Bonchev–Trinajstić information content (AvgIpc) is 2.26. The zero-order valence-corrected chi connectivity index (χ0v) is 8.16. The summed E-state index contributed by atoms with van der Waals surface area (Å²) in [4.78, 5) is 22.0. The summed E-state index contributed by atoms with van der Waals surface area (Å²) in [6.07, 6.45) is 0. The quantitative estimate of drug-likeness (QED) is 0.574. The highest BCUT2D eigenvalue weighted by molar-refractivity contribution is 7.75. The normalized spacial score (nSPS) is 9.21. The molecule has 0 heterocycles. The molecule has 0 spiro atoms. The fourth-order valence-corrected chi connectivity index (χ4v) is 0.941. The largest absolute Gasteiger partial charge is 0.393 e. The molecular formula is C9H9NO3S. The Bertz CT molecular complexity index is 326. The fourth-order valence-electron chi connectivity index (χ4n) is 0.876. The SMILES string of the molecule is O=C(CNC(=O)c1ccccc1)OS. The second-order valence-corrected chi connectivity index (χ2v) is 2.69. The van der Waals surface area contributed by atoms with Crippen LogP contribution in [0.15, 0.2) is 30.3 Å². The van der Waals surface area contributed by atoms with Crippen molar-refractivity contribution in [1.29, 1.82) is 0 Å². The molecule has 1 amide bonds. The Labute approximate surface area is 86.9 Å². The number of hydrogen-bond acceptors (Lipinski definition) is 4. The van der Waals surface area contributed by atoms with Crippen LogP contribution in [0.25, 0.3) is 0 Å². The van der Waals surface area contributed by atoms with Crippen molar-refractivity contribution in [2.75, 3.05) is 6.54 Å². The molecule has 74 valence electrons. The van der Waals surface area contributed by atoms with Crippen LogP contribution in [0.3, 0.4) is 0 Å². The van der Waals surface area contributed by atoms with Crippen molar-refractivity contribution in [2.45, 2.75) is 0 Å². The van der Waals surface area contributed by atoms with Gasteiger partial charge in [-0.3, -0.25) is 4.79 Å². The summed E-state index contributed by atoms with van der Waals surface area (Å²) in [7, 11) is 0. The Hall–Kier alpha value is -1.49. The maximum atomic E-state index is 11.3. The Balaban J connectivity index is 2.48. The predicted octanol–water partition coefficient (Wildman–Crippen LogP) is 0.804. The zero-order valence-electron chi connectivity index (χ0n) is 7.27. The van der Waals surface area contributed by atoms with Gasteiger partial charge in [0.15, 0.2) is 0 Å². The molecule has 14 heavy (non-hydrogen) atoms. The van der Waals surface area contributed by atoms with Crippen LogP contribution in [0.2, 0.25) is 0 Å². The van der Waals surface area contributed by atoms with Crippen molar-refractivity contribution in [1.82, 2.24) is 5.32 Å². The molecular weight excluding hydrogens is 202 g/mol. The lowest BCUT2D eigenvalue weighted by Gasteiger charge is -2.02. The highest BCUT2D eigenvalue weighted by Crippen LogP contribution is 1.97. The van der Waals surface area contributed by atoms with E-state index in [9.17, 15) is 9.59 Å². The summed E-state index contributed by atoms with van der Waals surface area (Å²) in [6.45, 7) is -0.183. The Morgan fingerprint density at radius 3 is 2.50 bits per heavy atom. The molecule has 0 unspecified atom stereocenters. The Kier molecular flexibility index (Phi) is 4.00. The molecule has 0 bridgehead atoms. The smallest absolute Gasteiger partial charge is 0.337 e. The molecule has 0 aliphatic heterocycles. The standard InChI is InChI=1S/C9H9NO3S/c11-8(13-14)6-10-9(12)7-4-2-1-3-5-7/h1-5,14H,6H2,(H,10,12). The van der Waals surface area contributed by atoms with Gasteiger partial charge in [-0.2, -0.15) is 0 Å². The van der Waals surface area contributed by atoms with Gasteiger partial charge in [0.05, 0.1) is 0 Å². The Morgan fingerprint density at radius 1 is 1.29 bits per heavy atom. The third kappa shape index (κ3) is 3.10. The minimum atomic E-state index is -0.599. The van der Waals surface area contributed by atoms with Gasteiger partial charge in [0.2, 0.25) is 0 Å². The molecule has 4 nitrogen and oxygen atoms in total. The number of rotatable bonds is 3. The highest BCUT2D eigenvalue weighted by atomic mass is 32.1. The number of nitrogens with one attached hydrogen (secondary N) is 1. The molecule has 0 radical (unpaired) electrons. The molecule has 0 saturated carbocycles. The summed E-state index contributed by atoms with van der Waals surface area (Å²) >= 11 is 3.30. The molecule has 5 heteroatoms. The van der Waals surface area contributed by atoms with Crippen LogP contribution in [0.5, 0.6) is 0 Å². The maximum absolute atomic E-state index is 11.3. The number of hydrogen-bond donors (Lipinski definition) is 2. The molecule has 1 aromatic rings. The van der Waals surface area contributed by atoms with E-state index in [4.69, 9.17) is 0 Å². The summed E-state index contributed by atoms with van der Waals surface area (Å²) in [5, 5.41) is 2.39.